The normalized spacial score (nSPS) is 19.0. The number of aliphatic hydroxyl groups is 1. The Morgan fingerprint density at radius 1 is 1.16 bits per heavy atom. The molecule has 0 radical (unpaired) electrons. The van der Waals surface area contributed by atoms with E-state index in [1.807, 2.05) is 41.7 Å². The number of ether oxygens (including phenoxy) is 1. The summed E-state index contributed by atoms with van der Waals surface area (Å²) < 4.78 is 7.38. The molecule has 1 aromatic carbocycles. The van der Waals surface area contributed by atoms with Gasteiger partial charge < -0.3 is 14.7 Å². The lowest BCUT2D eigenvalue weighted by Gasteiger charge is -2.29. The molecule has 2 aliphatic heterocycles. The Balaban J connectivity index is 1.34. The summed E-state index contributed by atoms with van der Waals surface area (Å²) in [5.41, 5.74) is 3.30. The van der Waals surface area contributed by atoms with E-state index >= 15 is 0 Å². The molecule has 190 valence electrons. The van der Waals surface area contributed by atoms with Crippen LogP contribution in [0, 0.1) is 6.92 Å². The van der Waals surface area contributed by atoms with Crippen molar-refractivity contribution >= 4 is 39.0 Å². The Morgan fingerprint density at radius 2 is 1.97 bits per heavy atom. The maximum Gasteiger partial charge on any atom is 0.290 e. The number of aromatic nitrogens is 3. The van der Waals surface area contributed by atoms with Crippen LogP contribution >= 0.6 is 11.3 Å². The van der Waals surface area contributed by atoms with Crippen molar-refractivity contribution in [1.82, 2.24) is 24.2 Å². The van der Waals surface area contributed by atoms with E-state index in [-0.39, 0.29) is 11.4 Å². The molecule has 0 aliphatic carbocycles. The third-order valence-electron chi connectivity index (χ3n) is 7.12. The van der Waals surface area contributed by atoms with Crippen molar-refractivity contribution < 1.29 is 19.4 Å². The zero-order valence-electron chi connectivity index (χ0n) is 20.5. The molecule has 0 bridgehead atoms. The minimum Gasteiger partial charge on any atom is -0.503 e. The fourth-order valence-electron chi connectivity index (χ4n) is 5.29. The van der Waals surface area contributed by atoms with Gasteiger partial charge in [-0.2, -0.15) is 0 Å². The van der Waals surface area contributed by atoms with Gasteiger partial charge >= 0.3 is 0 Å². The summed E-state index contributed by atoms with van der Waals surface area (Å²) in [6.07, 6.45) is 4.02. The van der Waals surface area contributed by atoms with Gasteiger partial charge in [-0.3, -0.25) is 23.9 Å². The summed E-state index contributed by atoms with van der Waals surface area (Å²) in [5.74, 6) is -1.36. The predicted molar refractivity (Wildman–Crippen MR) is 140 cm³/mol. The van der Waals surface area contributed by atoms with Crippen LogP contribution in [0.2, 0.25) is 0 Å². The number of para-hydroxylation sites is 2. The van der Waals surface area contributed by atoms with Crippen molar-refractivity contribution in [3.05, 3.63) is 76.3 Å². The molecule has 4 aromatic rings. The number of aliphatic hydroxyl groups excluding tert-OH is 1. The number of fused-ring (bicyclic) bond motifs is 3. The molecule has 10 heteroatoms. The maximum atomic E-state index is 14.0. The summed E-state index contributed by atoms with van der Waals surface area (Å²) >= 11 is 1.28. The van der Waals surface area contributed by atoms with E-state index in [2.05, 4.69) is 14.9 Å². The predicted octanol–water partition coefficient (Wildman–Crippen LogP) is 3.55. The van der Waals surface area contributed by atoms with Gasteiger partial charge in [-0.15, -0.1) is 0 Å². The monoisotopic (exact) mass is 517 g/mol. The SMILES string of the molecule is Cc1c(C(=O)C2=C(O)C(=O)N(CCCN3CCOCC3)C2c2cccnc2)sc2nc3ccccc3n12. The van der Waals surface area contributed by atoms with Crippen molar-refractivity contribution in [2.75, 3.05) is 39.4 Å². The summed E-state index contributed by atoms with van der Waals surface area (Å²) in [6.45, 7) is 6.24. The van der Waals surface area contributed by atoms with Crippen LogP contribution in [0.1, 0.15) is 33.4 Å². The van der Waals surface area contributed by atoms with Crippen molar-refractivity contribution in [2.45, 2.75) is 19.4 Å². The highest BCUT2D eigenvalue weighted by atomic mass is 32.1. The van der Waals surface area contributed by atoms with E-state index in [1.54, 1.807) is 23.4 Å². The first-order chi connectivity index (χ1) is 18.0. The van der Waals surface area contributed by atoms with Crippen LogP contribution in [0.5, 0.6) is 0 Å². The topological polar surface area (TPSA) is 100 Å². The fourth-order valence-corrected chi connectivity index (χ4v) is 6.38. The van der Waals surface area contributed by atoms with Gasteiger partial charge in [0.1, 0.15) is 0 Å². The smallest absolute Gasteiger partial charge is 0.290 e. The number of carbonyl (C=O) groups is 2. The molecule has 1 N–H and O–H groups in total. The Kier molecular flexibility index (Phi) is 6.23. The van der Waals surface area contributed by atoms with Crippen molar-refractivity contribution in [3.63, 3.8) is 0 Å². The Labute approximate surface area is 217 Å². The van der Waals surface area contributed by atoms with E-state index in [1.165, 1.54) is 11.3 Å². The minimum atomic E-state index is -0.705. The molecule has 2 aliphatic rings. The van der Waals surface area contributed by atoms with Gasteiger partial charge in [0.05, 0.1) is 40.7 Å². The maximum absolute atomic E-state index is 14.0. The van der Waals surface area contributed by atoms with Crippen molar-refractivity contribution in [2.24, 2.45) is 0 Å². The van der Waals surface area contributed by atoms with Gasteiger partial charge in [0.25, 0.3) is 5.91 Å². The second kappa shape index (κ2) is 9.70. The number of imidazole rings is 1. The van der Waals surface area contributed by atoms with Gasteiger partial charge in [-0.1, -0.05) is 29.5 Å². The zero-order valence-corrected chi connectivity index (χ0v) is 21.3. The summed E-state index contributed by atoms with van der Waals surface area (Å²) in [6, 6.07) is 10.7. The van der Waals surface area contributed by atoms with Crippen molar-refractivity contribution in [1.29, 1.82) is 0 Å². The summed E-state index contributed by atoms with van der Waals surface area (Å²) in [5, 5.41) is 11.0. The summed E-state index contributed by atoms with van der Waals surface area (Å²) in [4.78, 5) is 41.3. The highest BCUT2D eigenvalue weighted by Crippen LogP contribution is 2.40. The molecule has 37 heavy (non-hydrogen) atoms. The van der Waals surface area contributed by atoms with E-state index in [4.69, 9.17) is 4.74 Å². The fraction of sp³-hybridized carbons (Fsp3) is 0.333. The first-order valence-electron chi connectivity index (χ1n) is 12.4. The summed E-state index contributed by atoms with van der Waals surface area (Å²) in [7, 11) is 0. The molecule has 1 atom stereocenters. The average molecular weight is 518 g/mol. The van der Waals surface area contributed by atoms with Crippen LogP contribution < -0.4 is 0 Å². The number of hydrogen-bond acceptors (Lipinski definition) is 8. The standard InChI is InChI=1S/C27H27N5O4S/c1-17-25(37-27-29-19-7-2-3-8-20(19)32(17)27)23(33)21-22(18-6-4-9-28-16-18)31(26(35)24(21)34)11-5-10-30-12-14-36-15-13-30/h2-4,6-9,16,22,34H,5,10-15H2,1H3. The third kappa shape index (κ3) is 4.11. The molecule has 6 rings (SSSR count). The largest absolute Gasteiger partial charge is 0.503 e. The van der Waals surface area contributed by atoms with Gasteiger partial charge in [0.15, 0.2) is 10.7 Å². The van der Waals surface area contributed by atoms with Gasteiger partial charge in [-0.25, -0.2) is 4.98 Å². The second-order valence-electron chi connectivity index (χ2n) is 9.32. The number of hydrogen-bond donors (Lipinski definition) is 1. The quantitative estimate of drug-likeness (QED) is 0.374. The number of ketones is 1. The van der Waals surface area contributed by atoms with Crippen molar-refractivity contribution in [3.8, 4) is 0 Å². The first kappa shape index (κ1) is 23.8. The molecule has 1 amide bonds. The average Bonchev–Trinajstić information content (AvgIpc) is 3.54. The Hall–Kier alpha value is -3.60. The van der Waals surface area contributed by atoms with E-state index < -0.39 is 17.7 Å². The van der Waals surface area contributed by atoms with Crippen LogP contribution in [0.3, 0.4) is 0 Å². The number of carbonyl (C=O) groups excluding carboxylic acids is 2. The first-order valence-corrected chi connectivity index (χ1v) is 13.2. The number of thiazole rings is 1. The molecular weight excluding hydrogens is 490 g/mol. The van der Waals surface area contributed by atoms with Crippen LogP contribution in [0.4, 0.5) is 0 Å². The Bertz CT molecular complexity index is 1520. The third-order valence-corrected chi connectivity index (χ3v) is 8.26. The number of Topliss-reactive ketones (excluding diaryl/α,β-unsaturated/α-hetero) is 1. The van der Waals surface area contributed by atoms with Crippen LogP contribution in [0.25, 0.3) is 16.0 Å². The lowest BCUT2D eigenvalue weighted by molar-refractivity contribution is -0.129. The number of pyridine rings is 1. The van der Waals surface area contributed by atoms with E-state index in [0.29, 0.717) is 35.2 Å². The molecule has 5 heterocycles. The lowest BCUT2D eigenvalue weighted by Crippen LogP contribution is -2.39. The molecule has 3 aromatic heterocycles. The number of benzene rings is 1. The number of morpholine rings is 1. The molecule has 0 spiro atoms. The number of rotatable bonds is 7. The molecular formula is C27H27N5O4S. The Morgan fingerprint density at radius 3 is 2.76 bits per heavy atom. The molecule has 9 nitrogen and oxygen atoms in total. The van der Waals surface area contributed by atoms with Crippen LogP contribution in [0.15, 0.2) is 60.1 Å². The van der Waals surface area contributed by atoms with Crippen LogP contribution in [-0.2, 0) is 9.53 Å². The molecule has 1 fully saturated rings. The minimum absolute atomic E-state index is 0.0984. The highest BCUT2D eigenvalue weighted by Gasteiger charge is 2.44. The second-order valence-corrected chi connectivity index (χ2v) is 10.3. The lowest BCUT2D eigenvalue weighted by atomic mass is 9.96. The highest BCUT2D eigenvalue weighted by molar-refractivity contribution is 7.19. The van der Waals surface area contributed by atoms with Gasteiger partial charge in [-0.05, 0) is 37.1 Å². The number of aryl methyl sites for hydroxylation is 1. The number of nitrogens with zero attached hydrogens (tertiary/aromatic N) is 5. The van der Waals surface area contributed by atoms with Gasteiger partial charge in [0, 0.05) is 44.3 Å². The molecule has 1 unspecified atom stereocenters. The number of amides is 1. The molecule has 0 saturated carbocycles. The molecule has 1 saturated heterocycles. The zero-order chi connectivity index (χ0) is 25.5. The van der Waals surface area contributed by atoms with Crippen LogP contribution in [-0.4, -0.2) is 80.4 Å². The van der Waals surface area contributed by atoms with E-state index in [0.717, 1.165) is 42.8 Å². The van der Waals surface area contributed by atoms with Gasteiger partial charge in [0.2, 0.25) is 5.78 Å². The van der Waals surface area contributed by atoms with E-state index in [9.17, 15) is 14.7 Å².